The summed E-state index contributed by atoms with van der Waals surface area (Å²) in [7, 11) is 0. The maximum Gasteiger partial charge on any atom is 0.429 e. The molecule has 2 heterocycles. The summed E-state index contributed by atoms with van der Waals surface area (Å²) in [6.45, 7) is 2.14. The number of amides is 1. The number of carbonyl (C=O) groups is 1. The molecule has 11 heteroatoms. The van der Waals surface area contributed by atoms with Crippen molar-refractivity contribution >= 4 is 40.6 Å². The number of halogens is 4. The number of hydrogen-bond donors (Lipinski definition) is 1. The maximum absolute atomic E-state index is 13.1. The predicted molar refractivity (Wildman–Crippen MR) is 133 cm³/mol. The van der Waals surface area contributed by atoms with Gasteiger partial charge in [0, 0.05) is 50.6 Å². The van der Waals surface area contributed by atoms with E-state index in [9.17, 15) is 18.0 Å². The first-order valence-corrected chi connectivity index (χ1v) is 11.5. The highest BCUT2D eigenvalue weighted by molar-refractivity contribution is 6.33. The van der Waals surface area contributed by atoms with Crippen molar-refractivity contribution in [2.45, 2.75) is 12.6 Å². The molecule has 1 fully saturated rings. The van der Waals surface area contributed by atoms with E-state index in [0.717, 1.165) is 0 Å². The molecule has 1 amide bonds. The van der Waals surface area contributed by atoms with Crippen molar-refractivity contribution in [3.05, 3.63) is 83.1 Å². The number of hydrogen-bond acceptors (Lipinski definition) is 6. The number of nitrogens with zero attached hydrogens (tertiary/aromatic N) is 5. The molecule has 2 aromatic carbocycles. The Bertz CT molecular complexity index is 1260. The van der Waals surface area contributed by atoms with E-state index in [-0.39, 0.29) is 16.6 Å². The van der Waals surface area contributed by atoms with Crippen molar-refractivity contribution in [2.75, 3.05) is 31.1 Å². The van der Waals surface area contributed by atoms with Gasteiger partial charge in [-0.15, -0.1) is 0 Å². The van der Waals surface area contributed by atoms with Crippen LogP contribution in [0.2, 0.25) is 5.02 Å². The van der Waals surface area contributed by atoms with Gasteiger partial charge in [-0.05, 0) is 35.9 Å². The summed E-state index contributed by atoms with van der Waals surface area (Å²) in [6.07, 6.45) is -2.17. The van der Waals surface area contributed by atoms with Crippen LogP contribution in [0, 0.1) is 5.41 Å². The van der Waals surface area contributed by atoms with E-state index in [0.29, 0.717) is 48.9 Å². The Labute approximate surface area is 210 Å². The van der Waals surface area contributed by atoms with E-state index >= 15 is 0 Å². The third-order valence-corrected chi connectivity index (χ3v) is 5.98. The number of benzene rings is 2. The van der Waals surface area contributed by atoms with Crippen molar-refractivity contribution < 1.29 is 18.0 Å². The van der Waals surface area contributed by atoms with E-state index in [1.807, 2.05) is 4.90 Å². The zero-order valence-electron chi connectivity index (χ0n) is 19.0. The van der Waals surface area contributed by atoms with Gasteiger partial charge in [0.2, 0.25) is 5.95 Å². The van der Waals surface area contributed by atoms with Crippen LogP contribution < -0.4 is 4.90 Å². The Hall–Kier alpha value is -3.79. The highest BCUT2D eigenvalue weighted by Gasteiger charge is 2.35. The zero-order chi connectivity index (χ0) is 25.7. The second-order valence-electron chi connectivity index (χ2n) is 8.07. The molecule has 7 nitrogen and oxygen atoms in total. The number of nitrogens with one attached hydrogen (secondary N) is 1. The van der Waals surface area contributed by atoms with E-state index in [1.54, 1.807) is 71.9 Å². The third-order valence-electron chi connectivity index (χ3n) is 5.66. The number of carbonyl (C=O) groups excluding carboxylic acids is 1. The van der Waals surface area contributed by atoms with E-state index in [1.165, 1.54) is 0 Å². The lowest BCUT2D eigenvalue weighted by molar-refractivity contribution is -0.0605. The first-order valence-electron chi connectivity index (χ1n) is 11.1. The summed E-state index contributed by atoms with van der Waals surface area (Å²) in [6, 6.07) is 14.5. The predicted octanol–water partition coefficient (Wildman–Crippen LogP) is 5.19. The summed E-state index contributed by atoms with van der Waals surface area (Å²) in [4.78, 5) is 29.5. The number of alkyl halides is 3. The fraction of sp³-hybridized carbons (Fsp3) is 0.240. The lowest BCUT2D eigenvalue weighted by Crippen LogP contribution is -2.49. The molecule has 36 heavy (non-hydrogen) atoms. The fourth-order valence-corrected chi connectivity index (χ4v) is 3.89. The van der Waals surface area contributed by atoms with Gasteiger partial charge >= 0.3 is 6.18 Å². The van der Waals surface area contributed by atoms with Gasteiger partial charge in [0.1, 0.15) is 5.71 Å². The molecule has 1 saturated heterocycles. The quantitative estimate of drug-likeness (QED) is 0.459. The number of aromatic nitrogens is 2. The molecule has 0 atom stereocenters. The zero-order valence-corrected chi connectivity index (χ0v) is 19.8. The fourth-order valence-electron chi connectivity index (χ4n) is 3.71. The minimum Gasteiger partial charge on any atom is -0.337 e. The number of piperazine rings is 1. The Balaban J connectivity index is 1.50. The molecule has 1 aliphatic heterocycles. The largest absolute Gasteiger partial charge is 0.429 e. The first-order chi connectivity index (χ1) is 17.2. The molecule has 1 aromatic heterocycles. The molecule has 0 saturated carbocycles. The van der Waals surface area contributed by atoms with Crippen molar-refractivity contribution in [1.82, 2.24) is 14.9 Å². The summed E-state index contributed by atoms with van der Waals surface area (Å²) in [5, 5.41) is 7.73. The van der Waals surface area contributed by atoms with Crippen molar-refractivity contribution in [2.24, 2.45) is 4.99 Å². The van der Waals surface area contributed by atoms with Gasteiger partial charge in [0.05, 0.1) is 16.4 Å². The number of aliphatic imine (C=N–C) groups is 1. The molecule has 4 rings (SSSR count). The Morgan fingerprint density at radius 2 is 1.56 bits per heavy atom. The lowest BCUT2D eigenvalue weighted by atomic mass is 10.0. The minimum atomic E-state index is -4.77. The highest BCUT2D eigenvalue weighted by atomic mass is 35.5. The van der Waals surface area contributed by atoms with E-state index in [2.05, 4.69) is 15.0 Å². The molecule has 1 N–H and O–H groups in total. The van der Waals surface area contributed by atoms with Crippen LogP contribution in [0.15, 0.2) is 72.0 Å². The summed E-state index contributed by atoms with van der Waals surface area (Å²) in [5.41, 5.74) is -0.322. The second kappa shape index (κ2) is 10.9. The summed E-state index contributed by atoms with van der Waals surface area (Å²) < 4.78 is 39.3. The van der Waals surface area contributed by atoms with Crippen LogP contribution in [0.5, 0.6) is 0 Å². The lowest BCUT2D eigenvalue weighted by Gasteiger charge is -2.34. The molecule has 0 radical (unpaired) electrons. The second-order valence-corrected chi connectivity index (χ2v) is 8.48. The molecule has 0 unspecified atom stereocenters. The van der Waals surface area contributed by atoms with E-state index in [4.69, 9.17) is 17.0 Å². The van der Waals surface area contributed by atoms with Crippen LogP contribution in [0.1, 0.15) is 22.3 Å². The van der Waals surface area contributed by atoms with Crippen LogP contribution in [0.3, 0.4) is 0 Å². The number of rotatable bonds is 6. The molecular formula is C25H22ClF3N6O. The van der Waals surface area contributed by atoms with Gasteiger partial charge in [-0.3, -0.25) is 9.79 Å². The molecule has 186 valence electrons. The number of anilines is 1. The SMILES string of the molecule is N=C(CC(=Nc1ccccc1Cl)c1ccc(C(=O)N2CCN(c3ncccn3)CC2)cc1)C(F)(F)F. The van der Waals surface area contributed by atoms with Crippen LogP contribution in [0.25, 0.3) is 0 Å². The smallest absolute Gasteiger partial charge is 0.337 e. The van der Waals surface area contributed by atoms with Gasteiger partial charge in [-0.25, -0.2) is 9.97 Å². The maximum atomic E-state index is 13.1. The topological polar surface area (TPSA) is 85.5 Å². The highest BCUT2D eigenvalue weighted by Crippen LogP contribution is 2.27. The van der Waals surface area contributed by atoms with Gasteiger partial charge in [0.15, 0.2) is 0 Å². The first kappa shape index (κ1) is 25.3. The van der Waals surface area contributed by atoms with E-state index < -0.39 is 18.3 Å². The normalized spacial score (nSPS) is 14.6. The monoisotopic (exact) mass is 514 g/mol. The number of para-hydroxylation sites is 1. The van der Waals surface area contributed by atoms with Gasteiger partial charge in [-0.1, -0.05) is 35.9 Å². The van der Waals surface area contributed by atoms with Crippen molar-refractivity contribution in [1.29, 1.82) is 5.41 Å². The minimum absolute atomic E-state index is 0.0286. The molecule has 0 bridgehead atoms. The van der Waals surface area contributed by atoms with Crippen LogP contribution in [-0.2, 0) is 0 Å². The van der Waals surface area contributed by atoms with Crippen molar-refractivity contribution in [3.8, 4) is 0 Å². The molecule has 0 aliphatic carbocycles. The van der Waals surface area contributed by atoms with Crippen LogP contribution >= 0.6 is 11.6 Å². The van der Waals surface area contributed by atoms with Crippen LogP contribution in [-0.4, -0.2) is 64.6 Å². The molecule has 0 spiro atoms. The van der Waals surface area contributed by atoms with Crippen LogP contribution in [0.4, 0.5) is 24.8 Å². The van der Waals surface area contributed by atoms with Gasteiger partial charge < -0.3 is 15.2 Å². The third kappa shape index (κ3) is 6.06. The Morgan fingerprint density at radius 1 is 0.944 bits per heavy atom. The molecular weight excluding hydrogens is 493 g/mol. The van der Waals surface area contributed by atoms with Crippen molar-refractivity contribution in [3.63, 3.8) is 0 Å². The average molecular weight is 515 g/mol. The van der Waals surface area contributed by atoms with Gasteiger partial charge in [-0.2, -0.15) is 13.2 Å². The van der Waals surface area contributed by atoms with Gasteiger partial charge in [0.25, 0.3) is 5.91 Å². The molecule has 3 aromatic rings. The summed E-state index contributed by atoms with van der Waals surface area (Å²) in [5.74, 6) is 0.437. The summed E-state index contributed by atoms with van der Waals surface area (Å²) >= 11 is 6.14. The average Bonchev–Trinajstić information content (AvgIpc) is 2.89. The molecule has 1 aliphatic rings. The standard InChI is InChI=1S/C25H22ClF3N6O/c26-19-4-1-2-5-20(19)33-21(16-22(30)25(27,28)29)17-6-8-18(9-7-17)23(36)34-12-14-35(15-13-34)24-31-10-3-11-32-24/h1-11,30H,12-16H2. The Kier molecular flexibility index (Phi) is 7.64. The Morgan fingerprint density at radius 3 is 2.17 bits per heavy atom.